The van der Waals surface area contributed by atoms with Crippen LogP contribution in [0.3, 0.4) is 0 Å². The minimum absolute atomic E-state index is 0.0107. The maximum atomic E-state index is 13.7. The van der Waals surface area contributed by atoms with Crippen molar-refractivity contribution in [3.63, 3.8) is 0 Å². The number of carbonyl (C=O) groups is 2. The largest absolute Gasteiger partial charge is 0.357 e. The lowest BCUT2D eigenvalue weighted by molar-refractivity contribution is -0.124. The summed E-state index contributed by atoms with van der Waals surface area (Å²) in [6.45, 7) is 0.472. The van der Waals surface area contributed by atoms with Gasteiger partial charge in [-0.15, -0.1) is 16.4 Å². The number of nitrogens with one attached hydrogen (secondary N) is 1. The van der Waals surface area contributed by atoms with Crippen LogP contribution >= 0.6 is 11.3 Å². The molecular formula is C19H18FN5O2S. The first-order valence-corrected chi connectivity index (χ1v) is 9.76. The molecule has 3 heterocycles. The normalized spacial score (nSPS) is 16.4. The summed E-state index contributed by atoms with van der Waals surface area (Å²) in [6, 6.07) is 9.17. The van der Waals surface area contributed by atoms with Gasteiger partial charge in [-0.3, -0.25) is 9.59 Å². The number of hydrogen-bond donors (Lipinski definition) is 1. The fourth-order valence-electron chi connectivity index (χ4n) is 3.33. The van der Waals surface area contributed by atoms with Crippen LogP contribution in [0.4, 0.5) is 4.39 Å². The highest BCUT2D eigenvalue weighted by Gasteiger charge is 2.36. The van der Waals surface area contributed by atoms with E-state index in [0.717, 1.165) is 11.3 Å². The Morgan fingerprint density at radius 3 is 2.86 bits per heavy atom. The van der Waals surface area contributed by atoms with Crippen LogP contribution in [0.1, 0.15) is 23.5 Å². The molecule has 1 aliphatic rings. The highest BCUT2D eigenvalue weighted by Crippen LogP contribution is 2.27. The second-order valence-electron chi connectivity index (χ2n) is 6.40. The van der Waals surface area contributed by atoms with Crippen molar-refractivity contribution >= 4 is 23.2 Å². The van der Waals surface area contributed by atoms with Crippen LogP contribution in [-0.4, -0.2) is 51.1 Å². The van der Waals surface area contributed by atoms with Gasteiger partial charge < -0.3 is 10.2 Å². The Hall–Kier alpha value is -3.07. The number of likely N-dealkylation sites (N-methyl/N-ethyl adjacent to an activating group) is 1. The third kappa shape index (κ3) is 3.29. The summed E-state index contributed by atoms with van der Waals surface area (Å²) in [7, 11) is 1.55. The number of thiophene rings is 1. The van der Waals surface area contributed by atoms with Gasteiger partial charge in [0.15, 0.2) is 5.82 Å². The van der Waals surface area contributed by atoms with Gasteiger partial charge in [0.05, 0.1) is 10.6 Å². The Labute approximate surface area is 164 Å². The first kappa shape index (κ1) is 18.3. The van der Waals surface area contributed by atoms with Gasteiger partial charge in [-0.25, -0.2) is 14.1 Å². The van der Waals surface area contributed by atoms with Crippen molar-refractivity contribution in [2.24, 2.45) is 0 Å². The highest BCUT2D eigenvalue weighted by molar-refractivity contribution is 7.13. The maximum absolute atomic E-state index is 13.7. The zero-order valence-corrected chi connectivity index (χ0v) is 15.9. The molecule has 0 bridgehead atoms. The number of nitrogens with zero attached hydrogens (tertiary/aromatic N) is 4. The van der Waals surface area contributed by atoms with E-state index in [1.165, 1.54) is 33.1 Å². The zero-order chi connectivity index (χ0) is 19.7. The maximum Gasteiger partial charge on any atom is 0.294 e. The van der Waals surface area contributed by atoms with Crippen LogP contribution in [0.5, 0.6) is 0 Å². The molecule has 144 valence electrons. The molecule has 4 rings (SSSR count). The van der Waals surface area contributed by atoms with Gasteiger partial charge >= 0.3 is 0 Å². The third-order valence-electron chi connectivity index (χ3n) is 4.66. The minimum atomic E-state index is -0.524. The van der Waals surface area contributed by atoms with E-state index in [2.05, 4.69) is 15.4 Å². The SMILES string of the molecule is CNC(=O)[C@@H]1CCCN1C(=O)c1nc(-c2cccs2)n(-c2cccc(F)c2)n1. The quantitative estimate of drug-likeness (QED) is 0.731. The van der Waals surface area contributed by atoms with E-state index in [9.17, 15) is 14.0 Å². The van der Waals surface area contributed by atoms with Gasteiger partial charge in [0.1, 0.15) is 11.9 Å². The molecular weight excluding hydrogens is 381 g/mol. The number of likely N-dealkylation sites (tertiary alicyclic amines) is 1. The topological polar surface area (TPSA) is 80.1 Å². The van der Waals surface area contributed by atoms with E-state index >= 15 is 0 Å². The smallest absolute Gasteiger partial charge is 0.294 e. The molecule has 1 N–H and O–H groups in total. The molecule has 1 aromatic carbocycles. The lowest BCUT2D eigenvalue weighted by atomic mass is 10.2. The number of hydrogen-bond acceptors (Lipinski definition) is 5. The van der Waals surface area contributed by atoms with E-state index in [0.29, 0.717) is 24.5 Å². The summed E-state index contributed by atoms with van der Waals surface area (Å²) in [4.78, 5) is 31.9. The first-order valence-electron chi connectivity index (χ1n) is 8.88. The molecule has 3 aromatic rings. The molecule has 7 nitrogen and oxygen atoms in total. The van der Waals surface area contributed by atoms with Crippen molar-refractivity contribution in [3.05, 3.63) is 53.4 Å². The standard InChI is InChI=1S/C19H18FN5O2S/c1-21-18(26)14-7-3-9-24(14)19(27)16-22-17(15-8-4-10-28-15)25(23-16)13-6-2-5-12(20)11-13/h2,4-6,8,10-11,14H,3,7,9H2,1H3,(H,21,26)/t14-/m0/s1. The molecule has 0 radical (unpaired) electrons. The summed E-state index contributed by atoms with van der Waals surface area (Å²) in [5.74, 6) is -0.562. The average Bonchev–Trinajstić information content (AvgIpc) is 3.46. The molecule has 0 aliphatic carbocycles. The third-order valence-corrected chi connectivity index (χ3v) is 5.52. The van der Waals surface area contributed by atoms with E-state index in [1.54, 1.807) is 19.2 Å². The molecule has 1 saturated heterocycles. The Morgan fingerprint density at radius 1 is 1.29 bits per heavy atom. The molecule has 1 atom stereocenters. The van der Waals surface area contributed by atoms with Crippen molar-refractivity contribution in [1.82, 2.24) is 25.0 Å². The summed E-state index contributed by atoms with van der Waals surface area (Å²) >= 11 is 1.45. The molecule has 9 heteroatoms. The van der Waals surface area contributed by atoms with Gasteiger partial charge in [-0.05, 0) is 42.5 Å². The predicted octanol–water partition coefficient (Wildman–Crippen LogP) is 2.49. The van der Waals surface area contributed by atoms with Gasteiger partial charge in [0.2, 0.25) is 11.7 Å². The molecule has 28 heavy (non-hydrogen) atoms. The van der Waals surface area contributed by atoms with Gasteiger partial charge in [-0.2, -0.15) is 0 Å². The molecule has 1 fully saturated rings. The van der Waals surface area contributed by atoms with E-state index in [-0.39, 0.29) is 11.7 Å². The fraction of sp³-hybridized carbons (Fsp3) is 0.263. The summed E-state index contributed by atoms with van der Waals surface area (Å²) < 4.78 is 15.2. The number of halogens is 1. The Balaban J connectivity index is 1.75. The van der Waals surface area contributed by atoms with Crippen LogP contribution < -0.4 is 5.32 Å². The molecule has 0 spiro atoms. The van der Waals surface area contributed by atoms with Crippen LogP contribution in [0.25, 0.3) is 16.4 Å². The monoisotopic (exact) mass is 399 g/mol. The first-order chi connectivity index (χ1) is 13.6. The number of benzene rings is 1. The Bertz CT molecular complexity index is 1020. The second-order valence-corrected chi connectivity index (χ2v) is 7.35. The van der Waals surface area contributed by atoms with Crippen LogP contribution in [0, 0.1) is 5.82 Å². The van der Waals surface area contributed by atoms with Crippen molar-refractivity contribution in [3.8, 4) is 16.4 Å². The Morgan fingerprint density at radius 2 is 2.14 bits per heavy atom. The molecule has 0 saturated carbocycles. The summed E-state index contributed by atoms with van der Waals surface area (Å²) in [6.07, 6.45) is 1.35. The molecule has 2 amide bonds. The highest BCUT2D eigenvalue weighted by atomic mass is 32.1. The summed E-state index contributed by atoms with van der Waals surface area (Å²) in [5, 5.41) is 8.85. The van der Waals surface area contributed by atoms with Gasteiger partial charge in [0.25, 0.3) is 5.91 Å². The number of aromatic nitrogens is 3. The lowest BCUT2D eigenvalue weighted by Crippen LogP contribution is -2.45. The minimum Gasteiger partial charge on any atom is -0.357 e. The van der Waals surface area contributed by atoms with E-state index in [1.807, 2.05) is 17.5 Å². The second kappa shape index (κ2) is 7.51. The van der Waals surface area contributed by atoms with Crippen LogP contribution in [0.15, 0.2) is 41.8 Å². The van der Waals surface area contributed by atoms with Crippen LogP contribution in [-0.2, 0) is 4.79 Å². The van der Waals surface area contributed by atoms with Crippen molar-refractivity contribution in [2.45, 2.75) is 18.9 Å². The molecule has 0 unspecified atom stereocenters. The molecule has 2 aromatic heterocycles. The van der Waals surface area contributed by atoms with Crippen molar-refractivity contribution < 1.29 is 14.0 Å². The average molecular weight is 399 g/mol. The summed E-state index contributed by atoms with van der Waals surface area (Å²) in [5.41, 5.74) is 0.472. The van der Waals surface area contributed by atoms with E-state index in [4.69, 9.17) is 0 Å². The Kier molecular flexibility index (Phi) is 4.91. The van der Waals surface area contributed by atoms with Crippen molar-refractivity contribution in [2.75, 3.05) is 13.6 Å². The zero-order valence-electron chi connectivity index (χ0n) is 15.1. The number of rotatable bonds is 4. The molecule has 1 aliphatic heterocycles. The lowest BCUT2D eigenvalue weighted by Gasteiger charge is -2.21. The predicted molar refractivity (Wildman–Crippen MR) is 103 cm³/mol. The fourth-order valence-corrected chi connectivity index (χ4v) is 4.03. The van der Waals surface area contributed by atoms with Crippen molar-refractivity contribution in [1.29, 1.82) is 0 Å². The van der Waals surface area contributed by atoms with E-state index < -0.39 is 17.8 Å². The number of amides is 2. The van der Waals surface area contributed by atoms with Crippen LogP contribution in [0.2, 0.25) is 0 Å². The van der Waals surface area contributed by atoms with Gasteiger partial charge in [0, 0.05) is 13.6 Å². The van der Waals surface area contributed by atoms with Gasteiger partial charge in [-0.1, -0.05) is 12.1 Å². The number of carbonyl (C=O) groups excluding carboxylic acids is 2.